The summed E-state index contributed by atoms with van der Waals surface area (Å²) in [5.74, 6) is -2.82. The van der Waals surface area contributed by atoms with Gasteiger partial charge in [0.2, 0.25) is 0 Å². The summed E-state index contributed by atoms with van der Waals surface area (Å²) in [7, 11) is 0. The molecule has 1 aromatic heterocycles. The zero-order valence-electron chi connectivity index (χ0n) is 13.0. The van der Waals surface area contributed by atoms with E-state index in [4.69, 9.17) is 22.5 Å². The molecule has 2 unspecified atom stereocenters. The van der Waals surface area contributed by atoms with Gasteiger partial charge in [-0.2, -0.15) is 13.2 Å². The summed E-state index contributed by atoms with van der Waals surface area (Å²) >= 11 is 2.99. The number of carbonyl (C=O) groups excluding carboxylic acids is 1. The highest BCUT2D eigenvalue weighted by Gasteiger charge is 2.33. The molecule has 146 valence electrons. The fraction of sp³-hybridized carbons (Fsp3) is 0.417. The van der Waals surface area contributed by atoms with E-state index in [2.05, 4.69) is 20.2 Å². The number of nitrogens with one attached hydrogen (secondary N) is 1. The van der Waals surface area contributed by atoms with Gasteiger partial charge in [0.1, 0.15) is 22.0 Å². The first-order valence-electron chi connectivity index (χ1n) is 6.59. The molecule has 1 heterocycles. The second-order valence-corrected chi connectivity index (χ2v) is 6.43. The number of amidine groups is 1. The van der Waals surface area contributed by atoms with Gasteiger partial charge < -0.3 is 25.5 Å². The van der Waals surface area contributed by atoms with Gasteiger partial charge in [-0.3, -0.25) is 9.00 Å². The number of hydrogen-bond acceptors (Lipinski definition) is 7. The van der Waals surface area contributed by atoms with Crippen molar-refractivity contribution in [2.24, 2.45) is 10.9 Å². The third kappa shape index (κ3) is 6.31. The minimum absolute atomic E-state index is 0.273. The molecule has 0 spiro atoms. The van der Waals surface area contributed by atoms with Crippen LogP contribution in [0.3, 0.4) is 0 Å². The summed E-state index contributed by atoms with van der Waals surface area (Å²) in [4.78, 5) is 15.9. The number of halogens is 4. The molecule has 1 rings (SSSR count). The third-order valence-corrected chi connectivity index (χ3v) is 4.01. The first-order chi connectivity index (χ1) is 11.9. The number of alkyl halides is 3. The van der Waals surface area contributed by atoms with Crippen LogP contribution in [-0.4, -0.2) is 54.8 Å². The van der Waals surface area contributed by atoms with E-state index in [-0.39, 0.29) is 5.02 Å². The van der Waals surface area contributed by atoms with E-state index in [9.17, 15) is 26.7 Å². The normalized spacial score (nSPS) is 15.8. The van der Waals surface area contributed by atoms with Gasteiger partial charge in [-0.1, -0.05) is 27.8 Å². The maximum absolute atomic E-state index is 12.2. The standard InChI is InChI=1S/C12H14ClF3N4O5S/c1-11(5-26(23)24,10(17)20-22)19-9(21)7-2-8(6(13)3-18-7)25-4-12(14,15)16/h2-3,22H,4-5H2,1H3,(H2,17,20)(H,19,21)(H,23,24)/p-1. The molecule has 0 aromatic carbocycles. The van der Waals surface area contributed by atoms with E-state index in [0.717, 1.165) is 19.2 Å². The number of pyridine rings is 1. The number of rotatable bonds is 7. The Bertz CT molecular complexity index is 733. The number of aromatic nitrogens is 1. The summed E-state index contributed by atoms with van der Waals surface area (Å²) in [6.45, 7) is -0.485. The van der Waals surface area contributed by atoms with E-state index in [1.165, 1.54) is 0 Å². The molecule has 0 saturated heterocycles. The highest BCUT2D eigenvalue weighted by atomic mass is 35.5. The molecule has 0 radical (unpaired) electrons. The molecule has 0 aliphatic heterocycles. The molecule has 0 fully saturated rings. The highest BCUT2D eigenvalue weighted by Crippen LogP contribution is 2.26. The van der Waals surface area contributed by atoms with Gasteiger partial charge in [0.15, 0.2) is 12.4 Å². The minimum Gasteiger partial charge on any atom is -0.772 e. The number of nitrogens with two attached hydrogens (primary N) is 1. The van der Waals surface area contributed by atoms with Crippen LogP contribution in [0.15, 0.2) is 17.4 Å². The zero-order chi connectivity index (χ0) is 20.1. The Morgan fingerprint density at radius 2 is 2.19 bits per heavy atom. The van der Waals surface area contributed by atoms with Crippen LogP contribution >= 0.6 is 11.6 Å². The van der Waals surface area contributed by atoms with Gasteiger partial charge in [0.05, 0.1) is 6.20 Å². The van der Waals surface area contributed by atoms with Crippen LogP contribution in [-0.2, 0) is 11.1 Å². The van der Waals surface area contributed by atoms with Crippen molar-refractivity contribution >= 4 is 34.4 Å². The molecule has 0 saturated carbocycles. The van der Waals surface area contributed by atoms with E-state index in [0.29, 0.717) is 0 Å². The van der Waals surface area contributed by atoms with Gasteiger partial charge in [0.25, 0.3) is 5.91 Å². The van der Waals surface area contributed by atoms with Crippen LogP contribution in [0.4, 0.5) is 13.2 Å². The van der Waals surface area contributed by atoms with Gasteiger partial charge in [-0.05, 0) is 6.92 Å². The Labute approximate surface area is 152 Å². The Balaban J connectivity index is 3.07. The van der Waals surface area contributed by atoms with Crippen LogP contribution in [0.1, 0.15) is 17.4 Å². The van der Waals surface area contributed by atoms with Crippen LogP contribution < -0.4 is 15.8 Å². The largest absolute Gasteiger partial charge is 0.772 e. The Morgan fingerprint density at radius 1 is 1.58 bits per heavy atom. The second kappa shape index (κ2) is 8.51. The molecule has 14 heteroatoms. The van der Waals surface area contributed by atoms with Gasteiger partial charge in [-0.15, -0.1) is 0 Å². The van der Waals surface area contributed by atoms with E-state index < -0.39 is 58.3 Å². The highest BCUT2D eigenvalue weighted by molar-refractivity contribution is 7.79. The van der Waals surface area contributed by atoms with Gasteiger partial charge in [0, 0.05) is 11.8 Å². The Kier molecular flexibility index (Phi) is 7.17. The lowest BCUT2D eigenvalue weighted by molar-refractivity contribution is -0.153. The van der Waals surface area contributed by atoms with Crippen molar-refractivity contribution in [2.75, 3.05) is 12.4 Å². The third-order valence-electron chi connectivity index (χ3n) is 2.91. The van der Waals surface area contributed by atoms with E-state index in [1.807, 2.05) is 0 Å². The first kappa shape index (κ1) is 21.9. The Hall–Kier alpha value is -2.12. The lowest BCUT2D eigenvalue weighted by Crippen LogP contribution is -2.58. The van der Waals surface area contributed by atoms with Crippen LogP contribution in [0.2, 0.25) is 5.02 Å². The van der Waals surface area contributed by atoms with Crippen molar-refractivity contribution in [1.82, 2.24) is 10.3 Å². The number of ether oxygens (including phenoxy) is 1. The summed E-state index contributed by atoms with van der Waals surface area (Å²) in [6, 6.07) is 0.838. The molecule has 1 aromatic rings. The van der Waals surface area contributed by atoms with Gasteiger partial charge >= 0.3 is 6.18 Å². The number of hydrogen-bond donors (Lipinski definition) is 3. The number of carbonyl (C=O) groups is 1. The molecule has 0 bridgehead atoms. The maximum Gasteiger partial charge on any atom is 0.422 e. The predicted molar refractivity (Wildman–Crippen MR) is 83.9 cm³/mol. The maximum atomic E-state index is 12.2. The topological polar surface area (TPSA) is 150 Å². The smallest absolute Gasteiger partial charge is 0.422 e. The average Bonchev–Trinajstić information content (AvgIpc) is 2.51. The summed E-state index contributed by atoms with van der Waals surface area (Å²) in [5, 5.41) is 13.3. The van der Waals surface area contributed by atoms with E-state index in [1.54, 1.807) is 0 Å². The monoisotopic (exact) mass is 417 g/mol. The molecule has 2 atom stereocenters. The van der Waals surface area contributed by atoms with Crippen LogP contribution in [0.25, 0.3) is 0 Å². The molecule has 26 heavy (non-hydrogen) atoms. The van der Waals surface area contributed by atoms with Crippen molar-refractivity contribution < 1.29 is 36.7 Å². The van der Waals surface area contributed by atoms with Crippen molar-refractivity contribution in [2.45, 2.75) is 18.6 Å². The Morgan fingerprint density at radius 3 is 2.69 bits per heavy atom. The fourth-order valence-corrected chi connectivity index (χ4v) is 2.50. The lowest BCUT2D eigenvalue weighted by Gasteiger charge is -2.30. The van der Waals surface area contributed by atoms with Crippen molar-refractivity contribution in [1.29, 1.82) is 0 Å². The first-order valence-corrected chi connectivity index (χ1v) is 8.21. The lowest BCUT2D eigenvalue weighted by atomic mass is 10.0. The number of oxime groups is 1. The van der Waals surface area contributed by atoms with Crippen LogP contribution in [0, 0.1) is 0 Å². The molecule has 0 aliphatic carbocycles. The quantitative estimate of drug-likeness (QED) is 0.195. The van der Waals surface area contributed by atoms with Crippen molar-refractivity contribution in [3.63, 3.8) is 0 Å². The molecular formula is C12H13ClF3N4O5S-. The molecule has 9 nitrogen and oxygen atoms in total. The van der Waals surface area contributed by atoms with Crippen LogP contribution in [0.5, 0.6) is 5.75 Å². The van der Waals surface area contributed by atoms with Crippen molar-refractivity contribution in [3.8, 4) is 5.75 Å². The zero-order valence-corrected chi connectivity index (χ0v) is 14.6. The number of amides is 1. The summed E-state index contributed by atoms with van der Waals surface area (Å²) < 4.78 is 63.0. The predicted octanol–water partition coefficient (Wildman–Crippen LogP) is 0.790. The van der Waals surface area contributed by atoms with Gasteiger partial charge in [-0.25, -0.2) is 4.98 Å². The summed E-state index contributed by atoms with van der Waals surface area (Å²) in [6.07, 6.45) is -3.74. The van der Waals surface area contributed by atoms with E-state index >= 15 is 0 Å². The molecule has 1 amide bonds. The minimum atomic E-state index is -4.63. The number of nitrogens with zero attached hydrogens (tertiary/aromatic N) is 2. The molecule has 4 N–H and O–H groups in total. The SMILES string of the molecule is CC(CS(=O)[O-])(NC(=O)c1cc(OCC(F)(F)F)c(Cl)cn1)C(N)=NO. The van der Waals surface area contributed by atoms with Crippen molar-refractivity contribution in [3.05, 3.63) is 23.0 Å². The average molecular weight is 418 g/mol. The second-order valence-electron chi connectivity index (χ2n) is 5.12. The molecular weight excluding hydrogens is 405 g/mol. The molecule has 0 aliphatic rings. The summed E-state index contributed by atoms with van der Waals surface area (Å²) in [5.41, 5.74) is 3.17. The fourth-order valence-electron chi connectivity index (χ4n) is 1.65.